The summed E-state index contributed by atoms with van der Waals surface area (Å²) in [5, 5.41) is 7.03. The maximum Gasteiger partial charge on any atom is 0.225 e. The average molecular weight is 214 g/mol. The molecule has 1 aromatic rings. The molecule has 5 heteroatoms. The van der Waals surface area contributed by atoms with Crippen molar-refractivity contribution in [3.05, 3.63) is 4.77 Å². The van der Waals surface area contributed by atoms with E-state index < -0.39 is 0 Å². The summed E-state index contributed by atoms with van der Waals surface area (Å²) in [6.45, 7) is 8.60. The molecule has 4 nitrogen and oxygen atoms in total. The summed E-state index contributed by atoms with van der Waals surface area (Å²) < 4.78 is 2.56. The van der Waals surface area contributed by atoms with Gasteiger partial charge in [-0.1, -0.05) is 0 Å². The summed E-state index contributed by atoms with van der Waals surface area (Å²) in [7, 11) is 1.93. The first-order chi connectivity index (χ1) is 6.45. The van der Waals surface area contributed by atoms with Crippen LogP contribution < -0.4 is 4.90 Å². The smallest absolute Gasteiger partial charge is 0.225 e. The lowest BCUT2D eigenvalue weighted by Gasteiger charge is -2.30. The quantitative estimate of drug-likeness (QED) is 0.783. The van der Waals surface area contributed by atoms with Gasteiger partial charge in [-0.15, -0.1) is 5.10 Å². The fraction of sp³-hybridized carbons (Fsp3) is 0.778. The number of anilines is 1. The fourth-order valence-electron chi connectivity index (χ4n) is 1.63. The van der Waals surface area contributed by atoms with Gasteiger partial charge in [-0.05, 0) is 39.9 Å². The molecule has 0 aliphatic rings. The van der Waals surface area contributed by atoms with Gasteiger partial charge in [-0.3, -0.25) is 4.57 Å². The van der Waals surface area contributed by atoms with Crippen LogP contribution in [-0.4, -0.2) is 26.8 Å². The first-order valence-electron chi connectivity index (χ1n) is 4.85. The second-order valence-electron chi connectivity index (χ2n) is 3.98. The Morgan fingerprint density at radius 1 is 1.29 bits per heavy atom. The van der Waals surface area contributed by atoms with Gasteiger partial charge in [0.05, 0.1) is 0 Å². The molecule has 0 amide bonds. The van der Waals surface area contributed by atoms with Gasteiger partial charge in [0, 0.05) is 19.1 Å². The molecule has 0 bridgehead atoms. The zero-order valence-electron chi connectivity index (χ0n) is 9.40. The lowest BCUT2D eigenvalue weighted by Crippen LogP contribution is -2.38. The topological polar surface area (TPSA) is 36.9 Å². The van der Waals surface area contributed by atoms with Gasteiger partial charge in [0.25, 0.3) is 0 Å². The van der Waals surface area contributed by atoms with Gasteiger partial charge in [0.15, 0.2) is 4.77 Å². The fourth-order valence-corrected chi connectivity index (χ4v) is 1.76. The Morgan fingerprint density at radius 3 is 2.07 bits per heavy atom. The number of aromatic amines is 1. The van der Waals surface area contributed by atoms with Gasteiger partial charge in [-0.2, -0.15) is 0 Å². The van der Waals surface area contributed by atoms with E-state index in [1.807, 2.05) is 11.6 Å². The van der Waals surface area contributed by atoms with Crippen molar-refractivity contribution in [2.75, 3.05) is 4.90 Å². The van der Waals surface area contributed by atoms with Crippen LogP contribution in [0.15, 0.2) is 0 Å². The maximum atomic E-state index is 5.08. The minimum absolute atomic E-state index is 0.416. The zero-order valence-corrected chi connectivity index (χ0v) is 10.2. The Hall–Kier alpha value is -0.840. The van der Waals surface area contributed by atoms with Crippen molar-refractivity contribution in [2.45, 2.75) is 39.8 Å². The summed E-state index contributed by atoms with van der Waals surface area (Å²) >= 11 is 5.08. The van der Waals surface area contributed by atoms with Gasteiger partial charge >= 0.3 is 0 Å². The number of aromatic nitrogens is 3. The van der Waals surface area contributed by atoms with Crippen LogP contribution in [0.5, 0.6) is 0 Å². The molecular weight excluding hydrogens is 196 g/mol. The van der Waals surface area contributed by atoms with E-state index in [1.54, 1.807) is 0 Å². The molecular formula is C9H18N4S. The lowest BCUT2D eigenvalue weighted by molar-refractivity contribution is 0.579. The second-order valence-corrected chi connectivity index (χ2v) is 4.37. The largest absolute Gasteiger partial charge is 0.336 e. The molecule has 0 saturated carbocycles. The summed E-state index contributed by atoms with van der Waals surface area (Å²) in [6, 6.07) is 0.831. The number of hydrogen-bond donors (Lipinski definition) is 1. The average Bonchev–Trinajstić information content (AvgIpc) is 2.35. The van der Waals surface area contributed by atoms with Crippen LogP contribution in [0, 0.1) is 4.77 Å². The predicted octanol–water partition coefficient (Wildman–Crippen LogP) is 2.10. The van der Waals surface area contributed by atoms with Crippen molar-refractivity contribution in [3.63, 3.8) is 0 Å². The molecule has 14 heavy (non-hydrogen) atoms. The standard InChI is InChI=1S/C9H18N4S/c1-6(2)13(7(3)4)8-10-11-9(14)12(8)5/h6-7H,1-5H3,(H,11,14). The Bertz CT molecular complexity index is 342. The highest BCUT2D eigenvalue weighted by molar-refractivity contribution is 7.71. The number of rotatable bonds is 3. The highest BCUT2D eigenvalue weighted by Gasteiger charge is 2.18. The normalized spacial score (nSPS) is 11.4. The number of H-pyrrole nitrogens is 1. The molecule has 0 atom stereocenters. The zero-order chi connectivity index (χ0) is 10.9. The molecule has 0 fully saturated rings. The van der Waals surface area contributed by atoms with E-state index in [9.17, 15) is 0 Å². The first-order valence-corrected chi connectivity index (χ1v) is 5.25. The number of hydrogen-bond acceptors (Lipinski definition) is 3. The minimum atomic E-state index is 0.416. The van der Waals surface area contributed by atoms with Crippen LogP contribution in [0.3, 0.4) is 0 Å². The monoisotopic (exact) mass is 214 g/mol. The Balaban J connectivity index is 3.12. The van der Waals surface area contributed by atoms with Gasteiger partial charge in [-0.25, -0.2) is 5.10 Å². The minimum Gasteiger partial charge on any atom is -0.336 e. The van der Waals surface area contributed by atoms with Gasteiger partial charge in [0.1, 0.15) is 0 Å². The summed E-state index contributed by atoms with van der Waals surface area (Å²) in [5.74, 6) is 0.903. The lowest BCUT2D eigenvalue weighted by atomic mass is 10.2. The highest BCUT2D eigenvalue weighted by atomic mass is 32.1. The molecule has 0 aromatic carbocycles. The Labute approximate surface area is 89.9 Å². The molecule has 0 aliphatic heterocycles. The maximum absolute atomic E-state index is 5.08. The molecule has 0 aliphatic carbocycles. The molecule has 0 saturated heterocycles. The predicted molar refractivity (Wildman–Crippen MR) is 61.1 cm³/mol. The molecule has 0 radical (unpaired) electrons. The van der Waals surface area contributed by atoms with E-state index in [0.29, 0.717) is 16.9 Å². The van der Waals surface area contributed by atoms with Crippen molar-refractivity contribution < 1.29 is 0 Å². The molecule has 80 valence electrons. The van der Waals surface area contributed by atoms with E-state index in [0.717, 1.165) is 5.95 Å². The Kier molecular flexibility index (Phi) is 3.31. The van der Waals surface area contributed by atoms with E-state index >= 15 is 0 Å². The van der Waals surface area contributed by atoms with E-state index in [4.69, 9.17) is 12.2 Å². The van der Waals surface area contributed by atoms with Crippen molar-refractivity contribution >= 4 is 18.2 Å². The number of nitrogens with zero attached hydrogens (tertiary/aromatic N) is 3. The van der Waals surface area contributed by atoms with Crippen LogP contribution in [0.1, 0.15) is 27.7 Å². The summed E-state index contributed by atoms with van der Waals surface area (Å²) in [4.78, 5) is 2.23. The van der Waals surface area contributed by atoms with Crippen LogP contribution >= 0.6 is 12.2 Å². The van der Waals surface area contributed by atoms with Gasteiger partial charge in [0.2, 0.25) is 5.95 Å². The number of nitrogens with one attached hydrogen (secondary N) is 1. The molecule has 0 unspecified atom stereocenters. The first kappa shape index (κ1) is 11.2. The third-order valence-corrected chi connectivity index (χ3v) is 2.56. The van der Waals surface area contributed by atoms with Crippen LogP contribution in [0.25, 0.3) is 0 Å². The molecule has 1 heterocycles. The van der Waals surface area contributed by atoms with E-state index in [-0.39, 0.29) is 0 Å². The molecule has 1 aromatic heterocycles. The third-order valence-electron chi connectivity index (χ3n) is 2.20. The highest BCUT2D eigenvalue weighted by Crippen LogP contribution is 2.16. The van der Waals surface area contributed by atoms with E-state index in [1.165, 1.54) is 0 Å². The molecule has 1 rings (SSSR count). The SMILES string of the molecule is CC(C)N(c1n[nH]c(=S)n1C)C(C)C. The second kappa shape index (κ2) is 4.13. The van der Waals surface area contributed by atoms with Crippen molar-refractivity contribution in [3.8, 4) is 0 Å². The van der Waals surface area contributed by atoms with Crippen LogP contribution in [0.4, 0.5) is 5.95 Å². The van der Waals surface area contributed by atoms with Crippen molar-refractivity contribution in [1.82, 2.24) is 14.8 Å². The van der Waals surface area contributed by atoms with Crippen LogP contribution in [0.2, 0.25) is 0 Å². The van der Waals surface area contributed by atoms with Crippen molar-refractivity contribution in [1.29, 1.82) is 0 Å². The summed E-state index contributed by atoms with van der Waals surface area (Å²) in [5.41, 5.74) is 0. The summed E-state index contributed by atoms with van der Waals surface area (Å²) in [6.07, 6.45) is 0. The Morgan fingerprint density at radius 2 is 1.79 bits per heavy atom. The molecule has 0 spiro atoms. The van der Waals surface area contributed by atoms with Crippen LogP contribution in [-0.2, 0) is 7.05 Å². The van der Waals surface area contributed by atoms with Gasteiger partial charge < -0.3 is 4.90 Å². The third kappa shape index (κ3) is 1.97. The van der Waals surface area contributed by atoms with E-state index in [2.05, 4.69) is 42.8 Å². The molecule has 1 N–H and O–H groups in total. The van der Waals surface area contributed by atoms with Crippen molar-refractivity contribution in [2.24, 2.45) is 7.05 Å².